The number of methoxy groups -OCH3 is 1. The smallest absolute Gasteiger partial charge is 0.142 e. The zero-order valence-electron chi connectivity index (χ0n) is 11.1. The van der Waals surface area contributed by atoms with Gasteiger partial charge < -0.3 is 15.8 Å². The molecule has 0 amide bonds. The standard InChI is InChI=1S/C14H24N2O/c1-4-6-12(7-5-2)16-13-10-11(15)8-9-14(13)17-3/h8-10,12,16H,4-7,15H2,1-3H3. The number of hydrogen-bond acceptors (Lipinski definition) is 3. The summed E-state index contributed by atoms with van der Waals surface area (Å²) in [5.41, 5.74) is 7.57. The van der Waals surface area contributed by atoms with Gasteiger partial charge in [-0.2, -0.15) is 0 Å². The first kappa shape index (κ1) is 13.7. The molecule has 3 heteroatoms. The first-order chi connectivity index (χ1) is 8.21. The van der Waals surface area contributed by atoms with Gasteiger partial charge in [-0.25, -0.2) is 0 Å². The lowest BCUT2D eigenvalue weighted by Gasteiger charge is -2.20. The minimum absolute atomic E-state index is 0.501. The number of ether oxygens (including phenoxy) is 1. The van der Waals surface area contributed by atoms with E-state index in [9.17, 15) is 0 Å². The Morgan fingerprint density at radius 2 is 1.88 bits per heavy atom. The van der Waals surface area contributed by atoms with Crippen molar-refractivity contribution in [2.75, 3.05) is 18.2 Å². The van der Waals surface area contributed by atoms with Crippen molar-refractivity contribution in [3.63, 3.8) is 0 Å². The Hall–Kier alpha value is -1.38. The van der Waals surface area contributed by atoms with Gasteiger partial charge in [0.25, 0.3) is 0 Å². The van der Waals surface area contributed by atoms with Crippen LogP contribution in [-0.2, 0) is 0 Å². The highest BCUT2D eigenvalue weighted by molar-refractivity contribution is 5.63. The maximum absolute atomic E-state index is 5.81. The molecule has 1 aromatic rings. The summed E-state index contributed by atoms with van der Waals surface area (Å²) in [5.74, 6) is 0.858. The maximum Gasteiger partial charge on any atom is 0.142 e. The van der Waals surface area contributed by atoms with Crippen molar-refractivity contribution in [1.29, 1.82) is 0 Å². The zero-order valence-corrected chi connectivity index (χ0v) is 11.1. The molecule has 0 saturated heterocycles. The van der Waals surface area contributed by atoms with Gasteiger partial charge in [0.05, 0.1) is 12.8 Å². The molecule has 0 aliphatic rings. The van der Waals surface area contributed by atoms with E-state index in [0.29, 0.717) is 6.04 Å². The highest BCUT2D eigenvalue weighted by Gasteiger charge is 2.10. The fourth-order valence-electron chi connectivity index (χ4n) is 2.04. The monoisotopic (exact) mass is 236 g/mol. The molecular formula is C14H24N2O. The summed E-state index contributed by atoms with van der Waals surface area (Å²) >= 11 is 0. The quantitative estimate of drug-likeness (QED) is 0.710. The number of anilines is 2. The van der Waals surface area contributed by atoms with Crippen LogP contribution in [0.4, 0.5) is 11.4 Å². The van der Waals surface area contributed by atoms with Gasteiger partial charge in [0.2, 0.25) is 0 Å². The number of nitrogen functional groups attached to an aromatic ring is 1. The van der Waals surface area contributed by atoms with Crippen molar-refractivity contribution < 1.29 is 4.74 Å². The van der Waals surface area contributed by atoms with Gasteiger partial charge in [-0.05, 0) is 31.0 Å². The maximum atomic E-state index is 5.81. The molecule has 0 fully saturated rings. The summed E-state index contributed by atoms with van der Waals surface area (Å²) in [6, 6.07) is 6.21. The van der Waals surface area contributed by atoms with Crippen LogP contribution in [0.5, 0.6) is 5.75 Å². The minimum Gasteiger partial charge on any atom is -0.495 e. The molecule has 0 aliphatic carbocycles. The molecular weight excluding hydrogens is 212 g/mol. The van der Waals surface area contributed by atoms with Gasteiger partial charge >= 0.3 is 0 Å². The molecule has 17 heavy (non-hydrogen) atoms. The van der Waals surface area contributed by atoms with E-state index < -0.39 is 0 Å². The third-order valence-corrected chi connectivity index (χ3v) is 2.86. The molecule has 1 aromatic carbocycles. The summed E-state index contributed by atoms with van der Waals surface area (Å²) in [6.45, 7) is 4.42. The van der Waals surface area contributed by atoms with Gasteiger partial charge in [0.15, 0.2) is 0 Å². The Morgan fingerprint density at radius 3 is 2.41 bits per heavy atom. The average Bonchev–Trinajstić information content (AvgIpc) is 2.30. The van der Waals surface area contributed by atoms with Gasteiger partial charge in [-0.15, -0.1) is 0 Å². The number of nitrogens with two attached hydrogens (primary N) is 1. The van der Waals surface area contributed by atoms with Crippen molar-refractivity contribution >= 4 is 11.4 Å². The molecule has 0 aromatic heterocycles. The summed E-state index contributed by atoms with van der Waals surface area (Å²) in [5, 5.41) is 3.54. The second-order valence-electron chi connectivity index (χ2n) is 4.38. The Bertz CT molecular complexity index is 333. The summed E-state index contributed by atoms with van der Waals surface area (Å²) in [4.78, 5) is 0. The van der Waals surface area contributed by atoms with E-state index in [1.165, 1.54) is 25.7 Å². The topological polar surface area (TPSA) is 47.3 Å². The molecule has 96 valence electrons. The minimum atomic E-state index is 0.501. The third-order valence-electron chi connectivity index (χ3n) is 2.86. The van der Waals surface area contributed by atoms with Crippen LogP contribution in [0.2, 0.25) is 0 Å². The lowest BCUT2D eigenvalue weighted by atomic mass is 10.1. The molecule has 3 nitrogen and oxygen atoms in total. The molecule has 0 aliphatic heterocycles. The molecule has 0 atom stereocenters. The average molecular weight is 236 g/mol. The third kappa shape index (κ3) is 4.17. The highest BCUT2D eigenvalue weighted by Crippen LogP contribution is 2.28. The van der Waals surface area contributed by atoms with E-state index in [-0.39, 0.29) is 0 Å². The second kappa shape index (κ2) is 7.05. The van der Waals surface area contributed by atoms with E-state index >= 15 is 0 Å². The van der Waals surface area contributed by atoms with E-state index in [2.05, 4.69) is 19.2 Å². The summed E-state index contributed by atoms with van der Waals surface area (Å²) in [7, 11) is 1.69. The first-order valence-electron chi connectivity index (χ1n) is 6.41. The molecule has 0 saturated carbocycles. The molecule has 3 N–H and O–H groups in total. The van der Waals surface area contributed by atoms with Crippen LogP contribution >= 0.6 is 0 Å². The van der Waals surface area contributed by atoms with Gasteiger partial charge in [0.1, 0.15) is 5.75 Å². The normalized spacial score (nSPS) is 10.6. The van der Waals surface area contributed by atoms with Crippen molar-refractivity contribution in [2.45, 2.75) is 45.6 Å². The Kier molecular flexibility index (Phi) is 5.67. The fraction of sp³-hybridized carbons (Fsp3) is 0.571. The van der Waals surface area contributed by atoms with Crippen molar-refractivity contribution in [1.82, 2.24) is 0 Å². The Labute approximate surface area is 104 Å². The van der Waals surface area contributed by atoms with Crippen LogP contribution in [-0.4, -0.2) is 13.2 Å². The lowest BCUT2D eigenvalue weighted by molar-refractivity contribution is 0.415. The fourth-order valence-corrected chi connectivity index (χ4v) is 2.04. The first-order valence-corrected chi connectivity index (χ1v) is 6.41. The number of nitrogens with one attached hydrogen (secondary N) is 1. The second-order valence-corrected chi connectivity index (χ2v) is 4.38. The van der Waals surface area contributed by atoms with Crippen molar-refractivity contribution in [3.05, 3.63) is 18.2 Å². The highest BCUT2D eigenvalue weighted by atomic mass is 16.5. The predicted octanol–water partition coefficient (Wildman–Crippen LogP) is 3.66. The van der Waals surface area contributed by atoms with Crippen molar-refractivity contribution in [3.8, 4) is 5.75 Å². The van der Waals surface area contributed by atoms with Crippen LogP contribution in [0.1, 0.15) is 39.5 Å². The molecule has 0 radical (unpaired) electrons. The lowest BCUT2D eigenvalue weighted by Crippen LogP contribution is -2.19. The largest absolute Gasteiger partial charge is 0.495 e. The van der Waals surface area contributed by atoms with E-state index in [1.807, 2.05) is 18.2 Å². The zero-order chi connectivity index (χ0) is 12.7. The van der Waals surface area contributed by atoms with Crippen LogP contribution in [0.25, 0.3) is 0 Å². The van der Waals surface area contributed by atoms with Gasteiger partial charge in [-0.3, -0.25) is 0 Å². The SMILES string of the molecule is CCCC(CCC)Nc1cc(N)ccc1OC. The van der Waals surface area contributed by atoms with Crippen LogP contribution < -0.4 is 15.8 Å². The van der Waals surface area contributed by atoms with E-state index in [4.69, 9.17) is 10.5 Å². The molecule has 0 unspecified atom stereocenters. The van der Waals surface area contributed by atoms with Crippen LogP contribution in [0.15, 0.2) is 18.2 Å². The summed E-state index contributed by atoms with van der Waals surface area (Å²) in [6.07, 6.45) is 4.71. The molecule has 0 bridgehead atoms. The molecule has 0 spiro atoms. The van der Waals surface area contributed by atoms with E-state index in [0.717, 1.165) is 17.1 Å². The number of rotatable bonds is 7. The Morgan fingerprint density at radius 1 is 1.24 bits per heavy atom. The van der Waals surface area contributed by atoms with Gasteiger partial charge in [0, 0.05) is 11.7 Å². The molecule has 1 rings (SSSR count). The number of hydrogen-bond donors (Lipinski definition) is 2. The van der Waals surface area contributed by atoms with Gasteiger partial charge in [-0.1, -0.05) is 26.7 Å². The van der Waals surface area contributed by atoms with Crippen LogP contribution in [0, 0.1) is 0 Å². The van der Waals surface area contributed by atoms with E-state index in [1.54, 1.807) is 7.11 Å². The Balaban J connectivity index is 2.79. The van der Waals surface area contributed by atoms with Crippen LogP contribution in [0.3, 0.4) is 0 Å². The predicted molar refractivity (Wildman–Crippen MR) is 74.6 cm³/mol. The van der Waals surface area contributed by atoms with Crippen molar-refractivity contribution in [2.24, 2.45) is 0 Å². The molecule has 0 heterocycles. The summed E-state index contributed by atoms with van der Waals surface area (Å²) < 4.78 is 5.34. The number of benzene rings is 1.